The Balaban J connectivity index is 2.25. The highest BCUT2D eigenvalue weighted by molar-refractivity contribution is 8.00. The minimum Gasteiger partial charge on any atom is -0.481 e. The Kier molecular flexibility index (Phi) is 6.24. The highest BCUT2D eigenvalue weighted by Gasteiger charge is 2.23. The summed E-state index contributed by atoms with van der Waals surface area (Å²) in [5.41, 5.74) is 0.911. The monoisotopic (exact) mass is 352 g/mol. The van der Waals surface area contributed by atoms with Gasteiger partial charge in [-0.15, -0.1) is 0 Å². The van der Waals surface area contributed by atoms with E-state index in [-0.39, 0.29) is 11.2 Å². The van der Waals surface area contributed by atoms with Gasteiger partial charge in [-0.05, 0) is 11.6 Å². The van der Waals surface area contributed by atoms with E-state index in [1.54, 1.807) is 6.07 Å². The van der Waals surface area contributed by atoms with Crippen LogP contribution in [0.3, 0.4) is 0 Å². The lowest BCUT2D eigenvalue weighted by molar-refractivity contribution is -0.107. The predicted octanol–water partition coefficient (Wildman–Crippen LogP) is 3.61. The quantitative estimate of drug-likeness (QED) is 0.431. The number of carbonyl (C=O) groups is 1. The lowest BCUT2D eigenvalue weighted by Gasteiger charge is -2.19. The number of hydrogen-bond donors (Lipinski definition) is 0. The first-order valence-electron chi connectivity index (χ1n) is 6.92. The standard InChI is InChI=1S/C16H17ClN2O3S/c1-10(11-6-4-5-7-12(11)17)13(9-20)23-16-18-14(21-2)8-15(19-16)22-3/h4-10,13H,1-3H3. The van der Waals surface area contributed by atoms with Gasteiger partial charge in [0.2, 0.25) is 11.8 Å². The van der Waals surface area contributed by atoms with Crippen molar-refractivity contribution in [3.8, 4) is 11.8 Å². The molecule has 0 radical (unpaired) electrons. The van der Waals surface area contributed by atoms with Crippen LogP contribution in [-0.2, 0) is 4.79 Å². The first kappa shape index (κ1) is 17.6. The molecule has 0 fully saturated rings. The number of thioether (sulfide) groups is 1. The average molecular weight is 353 g/mol. The molecule has 2 unspecified atom stereocenters. The van der Waals surface area contributed by atoms with Crippen molar-refractivity contribution < 1.29 is 14.3 Å². The second kappa shape index (κ2) is 8.17. The van der Waals surface area contributed by atoms with Crippen molar-refractivity contribution in [3.05, 3.63) is 40.9 Å². The van der Waals surface area contributed by atoms with E-state index < -0.39 is 0 Å². The largest absolute Gasteiger partial charge is 0.481 e. The summed E-state index contributed by atoms with van der Waals surface area (Å²) in [5.74, 6) is 0.677. The van der Waals surface area contributed by atoms with Crippen LogP contribution in [0, 0.1) is 0 Å². The van der Waals surface area contributed by atoms with Crippen LogP contribution in [0.5, 0.6) is 11.8 Å². The Morgan fingerprint density at radius 1 is 1.17 bits per heavy atom. The van der Waals surface area contributed by atoms with E-state index >= 15 is 0 Å². The molecular formula is C16H17ClN2O3S. The molecule has 0 aliphatic carbocycles. The summed E-state index contributed by atoms with van der Waals surface area (Å²) < 4.78 is 10.2. The summed E-state index contributed by atoms with van der Waals surface area (Å²) >= 11 is 7.47. The van der Waals surface area contributed by atoms with E-state index in [9.17, 15) is 4.79 Å². The number of hydrogen-bond acceptors (Lipinski definition) is 6. The van der Waals surface area contributed by atoms with Crippen molar-refractivity contribution in [2.24, 2.45) is 0 Å². The fourth-order valence-electron chi connectivity index (χ4n) is 2.04. The maximum Gasteiger partial charge on any atom is 0.220 e. The van der Waals surface area contributed by atoms with Crippen molar-refractivity contribution in [3.63, 3.8) is 0 Å². The Bertz CT molecular complexity index is 662. The molecule has 0 bridgehead atoms. The number of ether oxygens (including phenoxy) is 2. The first-order chi connectivity index (χ1) is 11.1. The van der Waals surface area contributed by atoms with Crippen LogP contribution in [0.2, 0.25) is 5.02 Å². The number of methoxy groups -OCH3 is 2. The molecular weight excluding hydrogens is 336 g/mol. The maximum atomic E-state index is 11.6. The van der Waals surface area contributed by atoms with Gasteiger partial charge in [0.1, 0.15) is 6.29 Å². The average Bonchev–Trinajstić information content (AvgIpc) is 2.59. The predicted molar refractivity (Wildman–Crippen MR) is 90.7 cm³/mol. The Morgan fingerprint density at radius 2 is 1.78 bits per heavy atom. The molecule has 0 N–H and O–H groups in total. The van der Waals surface area contributed by atoms with E-state index in [1.165, 1.54) is 26.0 Å². The van der Waals surface area contributed by atoms with Crippen LogP contribution in [-0.4, -0.2) is 35.7 Å². The zero-order chi connectivity index (χ0) is 16.8. The lowest BCUT2D eigenvalue weighted by atomic mass is 9.98. The highest BCUT2D eigenvalue weighted by atomic mass is 35.5. The fourth-order valence-corrected chi connectivity index (χ4v) is 3.28. The third-order valence-electron chi connectivity index (χ3n) is 3.34. The fraction of sp³-hybridized carbons (Fsp3) is 0.312. The van der Waals surface area contributed by atoms with Gasteiger partial charge in [0.25, 0.3) is 0 Å². The molecule has 1 aromatic carbocycles. The molecule has 1 aromatic heterocycles. The van der Waals surface area contributed by atoms with Gasteiger partial charge in [0.15, 0.2) is 5.16 Å². The summed E-state index contributed by atoms with van der Waals surface area (Å²) in [6, 6.07) is 9.06. The van der Waals surface area contributed by atoms with Gasteiger partial charge in [0, 0.05) is 10.9 Å². The Hall–Kier alpha value is -1.79. The third kappa shape index (κ3) is 4.36. The number of aldehydes is 1. The first-order valence-corrected chi connectivity index (χ1v) is 8.18. The minimum atomic E-state index is -0.383. The summed E-state index contributed by atoms with van der Waals surface area (Å²) in [5, 5.41) is 0.667. The van der Waals surface area contributed by atoms with E-state index in [0.29, 0.717) is 21.9 Å². The molecule has 0 saturated carbocycles. The molecule has 1 heterocycles. The minimum absolute atomic E-state index is 0.0907. The van der Waals surface area contributed by atoms with Gasteiger partial charge in [-0.25, -0.2) is 0 Å². The number of rotatable bonds is 7. The van der Waals surface area contributed by atoms with Gasteiger partial charge in [0.05, 0.1) is 25.5 Å². The molecule has 0 aliphatic rings. The second-order valence-electron chi connectivity index (χ2n) is 4.76. The zero-order valence-electron chi connectivity index (χ0n) is 13.0. The van der Waals surface area contributed by atoms with Gasteiger partial charge in [-0.2, -0.15) is 9.97 Å². The SMILES string of the molecule is COc1cc(OC)nc(SC(C=O)C(C)c2ccccc2Cl)n1. The summed E-state index contributed by atoms with van der Waals surface area (Å²) in [7, 11) is 3.03. The Labute approximate surface area is 144 Å². The molecule has 0 aliphatic heterocycles. The van der Waals surface area contributed by atoms with E-state index in [1.807, 2.05) is 31.2 Å². The smallest absolute Gasteiger partial charge is 0.220 e. The molecule has 2 rings (SSSR count). The van der Waals surface area contributed by atoms with Gasteiger partial charge >= 0.3 is 0 Å². The number of aromatic nitrogens is 2. The molecule has 2 atom stereocenters. The molecule has 2 aromatic rings. The Morgan fingerprint density at radius 3 is 2.30 bits per heavy atom. The lowest BCUT2D eigenvalue weighted by Crippen LogP contribution is -2.15. The molecule has 0 spiro atoms. The summed E-state index contributed by atoms with van der Waals surface area (Å²) in [6.07, 6.45) is 0.883. The van der Waals surface area contributed by atoms with Crippen LogP contribution >= 0.6 is 23.4 Å². The molecule has 7 heteroatoms. The van der Waals surface area contributed by atoms with Gasteiger partial charge < -0.3 is 14.3 Å². The topological polar surface area (TPSA) is 61.3 Å². The van der Waals surface area contributed by atoms with E-state index in [4.69, 9.17) is 21.1 Å². The van der Waals surface area contributed by atoms with Crippen LogP contribution in [0.15, 0.2) is 35.5 Å². The van der Waals surface area contributed by atoms with Crippen LogP contribution in [0.4, 0.5) is 0 Å². The summed E-state index contributed by atoms with van der Waals surface area (Å²) in [4.78, 5) is 20.1. The van der Waals surface area contributed by atoms with Gasteiger partial charge in [-0.3, -0.25) is 0 Å². The molecule has 122 valence electrons. The molecule has 0 amide bonds. The second-order valence-corrected chi connectivity index (χ2v) is 6.32. The van der Waals surface area contributed by atoms with Gasteiger partial charge in [-0.1, -0.05) is 48.5 Å². The number of carbonyl (C=O) groups excluding carboxylic acids is 1. The van der Waals surface area contributed by atoms with E-state index in [0.717, 1.165) is 11.8 Å². The summed E-state index contributed by atoms with van der Waals surface area (Å²) in [6.45, 7) is 1.95. The van der Waals surface area contributed by atoms with Crippen molar-refractivity contribution in [2.45, 2.75) is 23.2 Å². The van der Waals surface area contributed by atoms with Crippen LogP contribution in [0.1, 0.15) is 18.4 Å². The van der Waals surface area contributed by atoms with Crippen molar-refractivity contribution in [1.29, 1.82) is 0 Å². The molecule has 0 saturated heterocycles. The maximum absolute atomic E-state index is 11.6. The van der Waals surface area contributed by atoms with Crippen LogP contribution < -0.4 is 9.47 Å². The number of benzene rings is 1. The normalized spacial score (nSPS) is 13.2. The number of nitrogens with zero attached hydrogens (tertiary/aromatic N) is 2. The van der Waals surface area contributed by atoms with Crippen molar-refractivity contribution >= 4 is 29.6 Å². The molecule has 5 nitrogen and oxygen atoms in total. The van der Waals surface area contributed by atoms with E-state index in [2.05, 4.69) is 9.97 Å². The van der Waals surface area contributed by atoms with Crippen LogP contribution in [0.25, 0.3) is 0 Å². The molecule has 23 heavy (non-hydrogen) atoms. The van der Waals surface area contributed by atoms with Crippen molar-refractivity contribution in [1.82, 2.24) is 9.97 Å². The highest BCUT2D eigenvalue weighted by Crippen LogP contribution is 2.35. The number of halogens is 1. The van der Waals surface area contributed by atoms with Crippen molar-refractivity contribution in [2.75, 3.05) is 14.2 Å². The third-order valence-corrected chi connectivity index (χ3v) is 4.87. The zero-order valence-corrected chi connectivity index (χ0v) is 14.6.